The van der Waals surface area contributed by atoms with Gasteiger partial charge in [-0.05, 0) is 0 Å². The minimum atomic E-state index is -2.17. The Morgan fingerprint density at radius 3 is 1.17 bits per heavy atom. The lowest BCUT2D eigenvalue weighted by molar-refractivity contribution is 0.278. The number of rotatable bonds is 0. The van der Waals surface area contributed by atoms with Gasteiger partial charge in [0.25, 0.3) is 0 Å². The van der Waals surface area contributed by atoms with Crippen molar-refractivity contribution in [1.29, 1.82) is 5.26 Å². The predicted octanol–water partition coefficient (Wildman–Crippen LogP) is -1.96. The highest BCUT2D eigenvalue weighted by atomic mass is 16.5. The topological polar surface area (TPSA) is 84.5 Å². The van der Waals surface area contributed by atoms with Crippen LogP contribution in [0.4, 0.5) is 0 Å². The van der Waals surface area contributed by atoms with E-state index in [-0.39, 0.29) is 0 Å². The van der Waals surface area contributed by atoms with Crippen molar-refractivity contribution in [3.8, 4) is 0 Å². The van der Waals surface area contributed by atoms with Crippen molar-refractivity contribution in [2.24, 2.45) is 0 Å². The molecule has 34 valence electrons. The van der Waals surface area contributed by atoms with Crippen LogP contribution >= 0.6 is 0 Å². The van der Waals surface area contributed by atoms with Crippen molar-refractivity contribution in [1.82, 2.24) is 0 Å². The monoisotopic (exact) mass is 88.0 g/mol. The molecular weight excluding hydrogens is 84.8 g/mol. The van der Waals surface area contributed by atoms with Crippen molar-refractivity contribution in [2.75, 3.05) is 0 Å². The van der Waals surface area contributed by atoms with E-state index in [1.165, 1.54) is 0 Å². The fourth-order valence-corrected chi connectivity index (χ4v) is 0. The lowest BCUT2D eigenvalue weighted by Crippen LogP contribution is -2.07. The first-order valence-electron chi connectivity index (χ1n) is 0.998. The van der Waals surface area contributed by atoms with E-state index in [4.69, 9.17) is 26.9 Å². The van der Waals surface area contributed by atoms with Crippen LogP contribution in [0.25, 0.3) is 0 Å². The summed E-state index contributed by atoms with van der Waals surface area (Å²) in [6.07, 6.45) is 0. The van der Waals surface area contributed by atoms with Crippen LogP contribution in [-0.4, -0.2) is 22.4 Å². The maximum Gasteiger partial charge on any atom is 0.631 e. The van der Waals surface area contributed by atoms with Gasteiger partial charge in [0.15, 0.2) is 0 Å². The second kappa shape index (κ2) is 8.83. The summed E-state index contributed by atoms with van der Waals surface area (Å²) in [5.41, 5.74) is 0. The van der Waals surface area contributed by atoms with Crippen molar-refractivity contribution < 1.29 is 15.1 Å². The minimum absolute atomic E-state index is 2.17. The summed E-state index contributed by atoms with van der Waals surface area (Å²) in [6, 6.07) is 0. The number of hydrogen-bond acceptors (Lipinski definition) is 4. The minimum Gasteiger partial charge on any atom is -0.512 e. The molecule has 0 aliphatic carbocycles. The molecule has 3 N–H and O–H groups in total. The third-order valence-electron chi connectivity index (χ3n) is 0. The van der Waals surface area contributed by atoms with E-state index < -0.39 is 7.32 Å². The lowest BCUT2D eigenvalue weighted by Gasteiger charge is -1.69. The van der Waals surface area contributed by atoms with Crippen LogP contribution in [0.5, 0.6) is 0 Å². The van der Waals surface area contributed by atoms with E-state index in [0.717, 1.165) is 0 Å². The van der Waals surface area contributed by atoms with Crippen LogP contribution in [-0.2, 0) is 0 Å². The standard InChI is InChI=1S/CN.BH3O3/c1-2;2-1(3)4/h;2-4H/q-1;. The molecular formula is CH3BNO3-. The quantitative estimate of drug-likeness (QED) is 0.237. The van der Waals surface area contributed by atoms with E-state index in [2.05, 4.69) is 0 Å². The molecule has 0 radical (unpaired) electrons. The van der Waals surface area contributed by atoms with Gasteiger partial charge in [-0.15, -0.1) is 0 Å². The van der Waals surface area contributed by atoms with Gasteiger partial charge in [-0.25, -0.2) is 0 Å². The van der Waals surface area contributed by atoms with Crippen LogP contribution in [0.2, 0.25) is 0 Å². The SMILES string of the molecule is OB(O)O.[C-]#N. The molecule has 0 aromatic heterocycles. The highest BCUT2D eigenvalue weighted by molar-refractivity contribution is 6.30. The first kappa shape index (κ1) is 9.06. The van der Waals surface area contributed by atoms with Crippen molar-refractivity contribution in [2.45, 2.75) is 0 Å². The maximum atomic E-state index is 7.17. The molecule has 0 aromatic carbocycles. The molecule has 0 aromatic rings. The molecule has 0 saturated carbocycles. The lowest BCUT2D eigenvalue weighted by atomic mass is 10.3. The molecule has 5 heteroatoms. The maximum absolute atomic E-state index is 7.17. The Morgan fingerprint density at radius 1 is 1.17 bits per heavy atom. The number of nitrogens with zero attached hydrogens (tertiary/aromatic N) is 1. The summed E-state index contributed by atoms with van der Waals surface area (Å²) in [5, 5.41) is 27.8. The summed E-state index contributed by atoms with van der Waals surface area (Å²) in [5.74, 6) is 0. The van der Waals surface area contributed by atoms with E-state index in [9.17, 15) is 0 Å². The molecule has 0 saturated heterocycles. The Kier molecular flexibility index (Phi) is 13.3. The van der Waals surface area contributed by atoms with Crippen LogP contribution in [0, 0.1) is 11.8 Å². The summed E-state index contributed by atoms with van der Waals surface area (Å²) in [6.45, 7) is 4.75. The largest absolute Gasteiger partial charge is 0.631 e. The highest BCUT2D eigenvalue weighted by Crippen LogP contribution is 1.40. The van der Waals surface area contributed by atoms with E-state index in [0.29, 0.717) is 0 Å². The third kappa shape index (κ3) is 63.8. The summed E-state index contributed by atoms with van der Waals surface area (Å²) < 4.78 is 0. The van der Waals surface area contributed by atoms with Gasteiger partial charge in [-0.1, -0.05) is 0 Å². The van der Waals surface area contributed by atoms with Crippen LogP contribution < -0.4 is 0 Å². The molecule has 0 aliphatic rings. The van der Waals surface area contributed by atoms with Crippen LogP contribution in [0.1, 0.15) is 0 Å². The molecule has 0 bridgehead atoms. The van der Waals surface area contributed by atoms with Gasteiger partial charge in [-0.3, -0.25) is 0 Å². The molecule has 0 rings (SSSR count). The molecule has 0 amide bonds. The zero-order valence-corrected chi connectivity index (χ0v) is 2.87. The Labute approximate surface area is 35.4 Å². The summed E-state index contributed by atoms with van der Waals surface area (Å²) in [7, 11) is -2.17. The van der Waals surface area contributed by atoms with Crippen LogP contribution in [0.3, 0.4) is 0 Å². The highest BCUT2D eigenvalue weighted by Gasteiger charge is 1.92. The zero-order valence-electron chi connectivity index (χ0n) is 2.87. The second-order valence-electron chi connectivity index (χ2n) is 0.346. The fraction of sp³-hybridized carbons (Fsp3) is 0. The first-order chi connectivity index (χ1) is 2.73. The van der Waals surface area contributed by atoms with Gasteiger partial charge in [0.05, 0.1) is 0 Å². The van der Waals surface area contributed by atoms with Gasteiger partial charge in [-0.2, -0.15) is 0 Å². The predicted molar refractivity (Wildman–Crippen MR) is 17.4 cm³/mol. The fourth-order valence-electron chi connectivity index (χ4n) is 0. The second-order valence-corrected chi connectivity index (χ2v) is 0.346. The summed E-state index contributed by atoms with van der Waals surface area (Å²) in [4.78, 5) is 0. The Morgan fingerprint density at radius 2 is 1.17 bits per heavy atom. The summed E-state index contributed by atoms with van der Waals surface area (Å²) >= 11 is 0. The molecule has 0 atom stereocenters. The van der Waals surface area contributed by atoms with Gasteiger partial charge in [0.1, 0.15) is 0 Å². The smallest absolute Gasteiger partial charge is 0.512 e. The normalized spacial score (nSPS) is 4.83. The number of hydrogen-bond donors (Lipinski definition) is 3. The van der Waals surface area contributed by atoms with Crippen molar-refractivity contribution in [3.05, 3.63) is 6.57 Å². The molecule has 0 spiro atoms. The van der Waals surface area contributed by atoms with Gasteiger partial charge in [0.2, 0.25) is 0 Å². The Balaban J connectivity index is 0. The van der Waals surface area contributed by atoms with Gasteiger partial charge < -0.3 is 26.9 Å². The van der Waals surface area contributed by atoms with E-state index in [1.54, 1.807) is 0 Å². The van der Waals surface area contributed by atoms with Gasteiger partial charge in [0, 0.05) is 0 Å². The van der Waals surface area contributed by atoms with Crippen molar-refractivity contribution >= 4 is 7.32 Å². The van der Waals surface area contributed by atoms with Gasteiger partial charge >= 0.3 is 7.32 Å². The molecule has 4 nitrogen and oxygen atoms in total. The van der Waals surface area contributed by atoms with E-state index in [1.807, 2.05) is 0 Å². The third-order valence-corrected chi connectivity index (χ3v) is 0. The molecule has 0 aliphatic heterocycles. The van der Waals surface area contributed by atoms with Crippen LogP contribution in [0.15, 0.2) is 0 Å². The average Bonchev–Trinajstić information content (AvgIpc) is 1.41. The van der Waals surface area contributed by atoms with Crippen molar-refractivity contribution in [3.63, 3.8) is 0 Å². The zero-order chi connectivity index (χ0) is 5.58. The molecule has 6 heavy (non-hydrogen) atoms. The Bertz CT molecular complexity index is 32.3. The first-order valence-corrected chi connectivity index (χ1v) is 0.998. The molecule has 0 heterocycles. The molecule has 0 unspecified atom stereocenters. The average molecular weight is 87.9 g/mol. The Hall–Kier alpha value is -0.565. The van der Waals surface area contributed by atoms with E-state index >= 15 is 0 Å². The molecule has 0 fully saturated rings.